The molecule has 0 heterocycles. The molecule has 0 aliphatic carbocycles. The largest absolute Gasteiger partial charge is 0.345 e. The summed E-state index contributed by atoms with van der Waals surface area (Å²) in [4.78, 5) is 34.9. The number of hydrogen-bond donors (Lipinski definition) is 2. The van der Waals surface area contributed by atoms with Crippen LogP contribution in [0, 0.1) is 5.92 Å². The molecule has 0 aliphatic heterocycles. The van der Waals surface area contributed by atoms with Gasteiger partial charge in [-0.2, -0.15) is 11.8 Å². The van der Waals surface area contributed by atoms with E-state index in [1.54, 1.807) is 11.8 Å². The molecule has 0 saturated heterocycles. The Morgan fingerprint density at radius 2 is 1.65 bits per heavy atom. The Hall–Kier alpha value is -1.04. The first kappa shape index (κ1) is 19.0. The molecule has 0 spiro atoms. The van der Waals surface area contributed by atoms with Crippen molar-refractivity contribution in [2.24, 2.45) is 5.92 Å². The predicted molar refractivity (Wildman–Crippen MR) is 82.7 cm³/mol. The van der Waals surface area contributed by atoms with Crippen LogP contribution in [0.15, 0.2) is 0 Å². The first-order chi connectivity index (χ1) is 9.27. The first-order valence-corrected chi connectivity index (χ1v) is 8.24. The van der Waals surface area contributed by atoms with E-state index in [0.29, 0.717) is 18.8 Å². The summed E-state index contributed by atoms with van der Waals surface area (Å²) in [6.07, 6.45) is 3.11. The number of nitrogens with one attached hydrogen (secondary N) is 2. The first-order valence-electron chi connectivity index (χ1n) is 6.84. The standard InChI is InChI=1S/C14H26N2O3S/c1-9(2)8-13(10(3)17)16-14(19)12(6-7-20-5)15-11(4)18/h9,12-13H,6-8H2,1-5H3,(H,15,18)(H,16,19). The lowest BCUT2D eigenvalue weighted by Crippen LogP contribution is -2.51. The van der Waals surface area contributed by atoms with Gasteiger partial charge in [0.1, 0.15) is 6.04 Å². The molecule has 0 fully saturated rings. The number of hydrogen-bond acceptors (Lipinski definition) is 4. The fraction of sp³-hybridized carbons (Fsp3) is 0.786. The average molecular weight is 302 g/mol. The number of carbonyl (C=O) groups excluding carboxylic acids is 3. The van der Waals surface area contributed by atoms with Crippen molar-refractivity contribution in [1.82, 2.24) is 10.6 Å². The molecule has 0 rings (SSSR count). The topological polar surface area (TPSA) is 75.3 Å². The molecule has 0 saturated carbocycles. The minimum absolute atomic E-state index is 0.0570. The number of ketones is 1. The molecule has 5 nitrogen and oxygen atoms in total. The Labute approximate surface area is 125 Å². The van der Waals surface area contributed by atoms with Gasteiger partial charge in [-0.25, -0.2) is 0 Å². The van der Waals surface area contributed by atoms with E-state index in [9.17, 15) is 14.4 Å². The summed E-state index contributed by atoms with van der Waals surface area (Å²) in [6.45, 7) is 6.86. The van der Waals surface area contributed by atoms with Crippen LogP contribution in [-0.4, -0.2) is 41.7 Å². The highest BCUT2D eigenvalue weighted by Gasteiger charge is 2.24. The second kappa shape index (κ2) is 9.80. The number of rotatable bonds is 9. The number of thioether (sulfide) groups is 1. The zero-order chi connectivity index (χ0) is 15.7. The van der Waals surface area contributed by atoms with Crippen LogP contribution < -0.4 is 10.6 Å². The van der Waals surface area contributed by atoms with Gasteiger partial charge in [0.2, 0.25) is 11.8 Å². The summed E-state index contributed by atoms with van der Waals surface area (Å²) < 4.78 is 0. The van der Waals surface area contributed by atoms with Crippen molar-refractivity contribution in [3.8, 4) is 0 Å². The lowest BCUT2D eigenvalue weighted by atomic mass is 10.0. The Bertz CT molecular complexity index is 345. The molecule has 0 aliphatic rings. The second-order valence-corrected chi connectivity index (χ2v) is 6.32. The van der Waals surface area contributed by atoms with E-state index in [0.717, 1.165) is 5.75 Å². The molecule has 2 N–H and O–H groups in total. The van der Waals surface area contributed by atoms with Gasteiger partial charge in [0, 0.05) is 6.92 Å². The van der Waals surface area contributed by atoms with E-state index in [2.05, 4.69) is 10.6 Å². The number of carbonyl (C=O) groups is 3. The van der Waals surface area contributed by atoms with Crippen molar-refractivity contribution >= 4 is 29.4 Å². The molecule has 2 amide bonds. The van der Waals surface area contributed by atoms with Gasteiger partial charge in [-0.05, 0) is 37.7 Å². The summed E-state index contributed by atoms with van der Waals surface area (Å²) in [6, 6.07) is -1.05. The van der Waals surface area contributed by atoms with Crippen molar-refractivity contribution in [2.75, 3.05) is 12.0 Å². The van der Waals surface area contributed by atoms with Crippen LogP contribution in [0.3, 0.4) is 0 Å². The van der Waals surface area contributed by atoms with Gasteiger partial charge >= 0.3 is 0 Å². The van der Waals surface area contributed by atoms with Crippen LogP contribution in [0.1, 0.15) is 40.5 Å². The van der Waals surface area contributed by atoms with Crippen LogP contribution in [0.2, 0.25) is 0 Å². The summed E-state index contributed by atoms with van der Waals surface area (Å²) in [5.41, 5.74) is 0. The van der Waals surface area contributed by atoms with E-state index in [1.165, 1.54) is 13.8 Å². The van der Waals surface area contributed by atoms with Crippen molar-refractivity contribution in [3.63, 3.8) is 0 Å². The molecule has 2 atom stereocenters. The number of Topliss-reactive ketones (excluding diaryl/α,β-unsaturated/α-hetero) is 1. The zero-order valence-corrected chi connectivity index (χ0v) is 13.8. The summed E-state index contributed by atoms with van der Waals surface area (Å²) >= 11 is 1.61. The van der Waals surface area contributed by atoms with E-state index in [4.69, 9.17) is 0 Å². The monoisotopic (exact) mass is 302 g/mol. The summed E-state index contributed by atoms with van der Waals surface area (Å²) in [5.74, 6) is 0.505. The van der Waals surface area contributed by atoms with Crippen molar-refractivity contribution < 1.29 is 14.4 Å². The molecular weight excluding hydrogens is 276 g/mol. The predicted octanol–water partition coefficient (Wildman–Crippen LogP) is 1.36. The molecule has 2 unspecified atom stereocenters. The SMILES string of the molecule is CSCCC(NC(C)=O)C(=O)NC(CC(C)C)C(C)=O. The zero-order valence-electron chi connectivity index (χ0n) is 13.0. The highest BCUT2D eigenvalue weighted by Crippen LogP contribution is 2.07. The lowest BCUT2D eigenvalue weighted by molar-refractivity contribution is -0.130. The molecule has 0 aromatic heterocycles. The minimum atomic E-state index is -0.575. The highest BCUT2D eigenvalue weighted by molar-refractivity contribution is 7.98. The molecule has 116 valence electrons. The summed E-state index contributed by atoms with van der Waals surface area (Å²) in [5, 5.41) is 5.39. The van der Waals surface area contributed by atoms with Gasteiger partial charge < -0.3 is 10.6 Å². The third-order valence-electron chi connectivity index (χ3n) is 2.82. The van der Waals surface area contributed by atoms with Crippen LogP contribution in [-0.2, 0) is 14.4 Å². The van der Waals surface area contributed by atoms with Gasteiger partial charge in [0.05, 0.1) is 6.04 Å². The van der Waals surface area contributed by atoms with Crippen LogP contribution in [0.4, 0.5) is 0 Å². The van der Waals surface area contributed by atoms with Gasteiger partial charge in [-0.15, -0.1) is 0 Å². The molecule has 0 aromatic carbocycles. The Balaban J connectivity index is 4.68. The quantitative estimate of drug-likeness (QED) is 0.674. The Morgan fingerprint density at radius 3 is 2.05 bits per heavy atom. The van der Waals surface area contributed by atoms with Gasteiger partial charge in [-0.1, -0.05) is 13.8 Å². The normalized spacial score (nSPS) is 13.7. The van der Waals surface area contributed by atoms with Crippen molar-refractivity contribution in [3.05, 3.63) is 0 Å². The van der Waals surface area contributed by atoms with Gasteiger partial charge in [0.15, 0.2) is 5.78 Å². The van der Waals surface area contributed by atoms with E-state index in [1.807, 2.05) is 20.1 Å². The van der Waals surface area contributed by atoms with E-state index >= 15 is 0 Å². The summed E-state index contributed by atoms with van der Waals surface area (Å²) in [7, 11) is 0. The fourth-order valence-electron chi connectivity index (χ4n) is 1.82. The molecular formula is C14H26N2O3S. The maximum absolute atomic E-state index is 12.2. The molecule has 0 bridgehead atoms. The van der Waals surface area contributed by atoms with E-state index in [-0.39, 0.29) is 17.6 Å². The van der Waals surface area contributed by atoms with Crippen LogP contribution >= 0.6 is 11.8 Å². The fourth-order valence-corrected chi connectivity index (χ4v) is 2.29. The highest BCUT2D eigenvalue weighted by atomic mass is 32.2. The molecule has 0 aromatic rings. The molecule has 20 heavy (non-hydrogen) atoms. The molecule has 0 radical (unpaired) electrons. The second-order valence-electron chi connectivity index (χ2n) is 5.34. The smallest absolute Gasteiger partial charge is 0.243 e. The Kier molecular flexibility index (Phi) is 9.29. The van der Waals surface area contributed by atoms with E-state index < -0.39 is 12.1 Å². The maximum atomic E-state index is 12.2. The lowest BCUT2D eigenvalue weighted by Gasteiger charge is -2.22. The van der Waals surface area contributed by atoms with Gasteiger partial charge in [-0.3, -0.25) is 14.4 Å². The Morgan fingerprint density at radius 1 is 1.05 bits per heavy atom. The molecule has 6 heteroatoms. The van der Waals surface area contributed by atoms with Crippen molar-refractivity contribution in [2.45, 2.75) is 52.6 Å². The van der Waals surface area contributed by atoms with Crippen LogP contribution in [0.25, 0.3) is 0 Å². The maximum Gasteiger partial charge on any atom is 0.243 e. The number of amides is 2. The third kappa shape index (κ3) is 8.19. The minimum Gasteiger partial charge on any atom is -0.345 e. The van der Waals surface area contributed by atoms with Crippen molar-refractivity contribution in [1.29, 1.82) is 0 Å². The third-order valence-corrected chi connectivity index (χ3v) is 3.46. The van der Waals surface area contributed by atoms with Gasteiger partial charge in [0.25, 0.3) is 0 Å². The van der Waals surface area contributed by atoms with Crippen LogP contribution in [0.5, 0.6) is 0 Å². The average Bonchev–Trinajstić information content (AvgIpc) is 2.32.